The molecule has 2 aliphatic rings. The van der Waals surface area contributed by atoms with E-state index in [0.717, 1.165) is 44.9 Å². The Labute approximate surface area is 229 Å². The van der Waals surface area contributed by atoms with Crippen LogP contribution in [-0.2, 0) is 16.4 Å². The maximum absolute atomic E-state index is 13.2. The van der Waals surface area contributed by atoms with Crippen LogP contribution in [0.3, 0.4) is 0 Å². The number of piperidine rings is 1. The second-order valence-electron chi connectivity index (χ2n) is 10.7. The fourth-order valence-electron chi connectivity index (χ4n) is 5.75. The maximum Gasteiger partial charge on any atom is 0.270 e. The van der Waals surface area contributed by atoms with Crippen LogP contribution in [0.15, 0.2) is 46.2 Å². The zero-order valence-electron chi connectivity index (χ0n) is 22.5. The van der Waals surface area contributed by atoms with E-state index in [1.807, 2.05) is 18.2 Å². The van der Waals surface area contributed by atoms with Gasteiger partial charge in [0.1, 0.15) is 17.3 Å². The summed E-state index contributed by atoms with van der Waals surface area (Å²) in [5.41, 5.74) is 1.52. The van der Waals surface area contributed by atoms with Crippen molar-refractivity contribution < 1.29 is 8.42 Å². The summed E-state index contributed by atoms with van der Waals surface area (Å²) < 4.78 is 29.7. The third kappa shape index (κ3) is 5.85. The summed E-state index contributed by atoms with van der Waals surface area (Å²) in [6, 6.07) is 10.9. The number of nitrogens with one attached hydrogen (secondary N) is 1. The lowest BCUT2D eigenvalue weighted by atomic mass is 10.1. The van der Waals surface area contributed by atoms with E-state index in [9.17, 15) is 18.5 Å². The van der Waals surface area contributed by atoms with Gasteiger partial charge in [-0.05, 0) is 62.3 Å². The summed E-state index contributed by atoms with van der Waals surface area (Å²) >= 11 is 0. The lowest BCUT2D eigenvalue weighted by Crippen LogP contribution is -2.42. The number of anilines is 1. The van der Waals surface area contributed by atoms with Crippen molar-refractivity contribution in [3.8, 4) is 6.07 Å². The van der Waals surface area contributed by atoms with E-state index in [4.69, 9.17) is 4.98 Å². The minimum atomic E-state index is -3.55. The van der Waals surface area contributed by atoms with Crippen LogP contribution in [0.1, 0.15) is 81.9 Å². The third-order valence-corrected chi connectivity index (χ3v) is 9.91. The Hall–Kier alpha value is -3.29. The van der Waals surface area contributed by atoms with Crippen LogP contribution < -0.4 is 10.9 Å². The Morgan fingerprint density at radius 3 is 2.46 bits per heavy atom. The molecule has 1 aliphatic heterocycles. The second kappa shape index (κ2) is 11.8. The summed E-state index contributed by atoms with van der Waals surface area (Å²) in [5.74, 6) is 0.415. The predicted octanol–water partition coefficient (Wildman–Crippen LogP) is 4.78. The molecule has 1 saturated carbocycles. The minimum absolute atomic E-state index is 0.0138. The van der Waals surface area contributed by atoms with Crippen molar-refractivity contribution in [1.82, 2.24) is 18.8 Å². The molecule has 3 heterocycles. The summed E-state index contributed by atoms with van der Waals surface area (Å²) in [4.78, 5) is 22.5. The number of benzene rings is 1. The minimum Gasteiger partial charge on any atom is -0.351 e. The average molecular weight is 549 g/mol. The van der Waals surface area contributed by atoms with Crippen molar-refractivity contribution in [1.29, 1.82) is 5.26 Å². The lowest BCUT2D eigenvalue weighted by molar-refractivity contribution is 0.329. The van der Waals surface area contributed by atoms with Crippen molar-refractivity contribution in [3.63, 3.8) is 0 Å². The van der Waals surface area contributed by atoms with Gasteiger partial charge in [-0.15, -0.1) is 0 Å². The van der Waals surface area contributed by atoms with Crippen LogP contribution in [-0.4, -0.2) is 46.4 Å². The molecule has 0 atom stereocenters. The normalized spacial score (nSPS) is 17.4. The molecule has 0 spiro atoms. The second-order valence-corrected chi connectivity index (χ2v) is 12.6. The average Bonchev–Trinajstić information content (AvgIpc) is 3.48. The molecular weight excluding hydrogens is 512 g/mol. The van der Waals surface area contributed by atoms with Gasteiger partial charge >= 0.3 is 0 Å². The molecule has 39 heavy (non-hydrogen) atoms. The third-order valence-electron chi connectivity index (χ3n) is 8.00. The smallest absolute Gasteiger partial charge is 0.270 e. The number of fused-ring (bicyclic) bond motifs is 1. The van der Waals surface area contributed by atoms with Crippen LogP contribution in [0, 0.1) is 11.3 Å². The number of unbranched alkanes of at least 4 members (excludes halogenated alkanes) is 2. The standard InChI is InChI=1S/C29H36N6O3S/c1-2-3-4-7-21-10-12-26(13-11-21)39(37,38)34-16-14-24(15-17-34)32-29-31-20-23-18-22(19-30)28(36)35(27(23)33-29)25-8-5-6-9-25/h10-13,18,20,24-25H,2-9,14-17H2,1H3,(H,31,32,33). The molecule has 1 aliphatic carbocycles. The summed E-state index contributed by atoms with van der Waals surface area (Å²) in [7, 11) is -3.55. The van der Waals surface area contributed by atoms with Crippen LogP contribution in [0.5, 0.6) is 0 Å². The van der Waals surface area contributed by atoms with E-state index in [0.29, 0.717) is 47.8 Å². The number of nitriles is 1. The van der Waals surface area contributed by atoms with Crippen LogP contribution in [0.2, 0.25) is 0 Å². The molecule has 206 valence electrons. The number of rotatable bonds is 9. The largest absolute Gasteiger partial charge is 0.351 e. The lowest BCUT2D eigenvalue weighted by Gasteiger charge is -2.31. The molecule has 2 aromatic heterocycles. The molecule has 10 heteroatoms. The van der Waals surface area contributed by atoms with Gasteiger partial charge in [-0.25, -0.2) is 13.4 Å². The van der Waals surface area contributed by atoms with Gasteiger partial charge in [0.25, 0.3) is 5.56 Å². The van der Waals surface area contributed by atoms with Gasteiger partial charge in [-0.2, -0.15) is 14.6 Å². The number of aromatic nitrogens is 3. The maximum atomic E-state index is 13.2. The van der Waals surface area contributed by atoms with Gasteiger partial charge in [0.05, 0.1) is 4.90 Å². The van der Waals surface area contributed by atoms with Gasteiger partial charge in [0.15, 0.2) is 0 Å². The zero-order chi connectivity index (χ0) is 27.4. The Kier molecular flexibility index (Phi) is 8.29. The number of aryl methyl sites for hydroxylation is 1. The molecular formula is C29H36N6O3S. The van der Waals surface area contributed by atoms with Crippen molar-refractivity contribution in [2.24, 2.45) is 0 Å². The fraction of sp³-hybridized carbons (Fsp3) is 0.517. The van der Waals surface area contributed by atoms with E-state index in [-0.39, 0.29) is 23.2 Å². The quantitative estimate of drug-likeness (QED) is 0.382. The van der Waals surface area contributed by atoms with E-state index in [1.165, 1.54) is 12.0 Å². The number of sulfonamides is 1. The first-order valence-electron chi connectivity index (χ1n) is 14.1. The van der Waals surface area contributed by atoms with E-state index in [2.05, 4.69) is 17.2 Å². The highest BCUT2D eigenvalue weighted by Gasteiger charge is 2.30. The molecule has 9 nitrogen and oxygen atoms in total. The van der Waals surface area contributed by atoms with Crippen LogP contribution >= 0.6 is 0 Å². The van der Waals surface area contributed by atoms with Gasteiger partial charge in [0, 0.05) is 36.8 Å². The molecule has 0 bridgehead atoms. The molecule has 3 aromatic rings. The Bertz CT molecular complexity index is 1510. The molecule has 0 amide bonds. The Morgan fingerprint density at radius 2 is 1.79 bits per heavy atom. The molecule has 1 saturated heterocycles. The first-order chi connectivity index (χ1) is 18.9. The number of hydrogen-bond donors (Lipinski definition) is 1. The molecule has 2 fully saturated rings. The number of pyridine rings is 1. The van der Waals surface area contributed by atoms with Crippen LogP contribution in [0.25, 0.3) is 11.0 Å². The predicted molar refractivity (Wildman–Crippen MR) is 151 cm³/mol. The molecule has 0 unspecified atom stereocenters. The topological polar surface area (TPSA) is 121 Å². The molecule has 0 radical (unpaired) electrons. The van der Waals surface area contributed by atoms with Crippen molar-refractivity contribution in [2.75, 3.05) is 18.4 Å². The van der Waals surface area contributed by atoms with Crippen molar-refractivity contribution in [2.45, 2.75) is 88.1 Å². The summed E-state index contributed by atoms with van der Waals surface area (Å²) in [6.45, 7) is 2.99. The first kappa shape index (κ1) is 27.3. The molecule has 5 rings (SSSR count). The SMILES string of the molecule is CCCCCc1ccc(S(=O)(=O)N2CCC(Nc3ncc4cc(C#N)c(=O)n(C5CCCC5)c4n3)CC2)cc1. The van der Waals surface area contributed by atoms with Gasteiger partial charge in [-0.3, -0.25) is 9.36 Å². The van der Waals surface area contributed by atoms with E-state index >= 15 is 0 Å². The molecule has 1 aromatic carbocycles. The van der Waals surface area contributed by atoms with Gasteiger partial charge < -0.3 is 5.32 Å². The highest BCUT2D eigenvalue weighted by Crippen LogP contribution is 2.31. The zero-order valence-corrected chi connectivity index (χ0v) is 23.3. The van der Waals surface area contributed by atoms with Gasteiger partial charge in [0.2, 0.25) is 16.0 Å². The highest BCUT2D eigenvalue weighted by atomic mass is 32.2. The first-order valence-corrected chi connectivity index (χ1v) is 15.5. The molecule has 1 N–H and O–H groups in total. The van der Waals surface area contributed by atoms with Crippen molar-refractivity contribution >= 4 is 27.0 Å². The van der Waals surface area contributed by atoms with Crippen LogP contribution in [0.4, 0.5) is 5.95 Å². The number of hydrogen-bond acceptors (Lipinski definition) is 7. The van der Waals surface area contributed by atoms with E-state index < -0.39 is 10.0 Å². The Balaban J connectivity index is 1.27. The number of nitrogens with zero attached hydrogens (tertiary/aromatic N) is 5. The summed E-state index contributed by atoms with van der Waals surface area (Å²) in [5, 5.41) is 13.5. The summed E-state index contributed by atoms with van der Waals surface area (Å²) in [6.07, 6.45) is 11.2. The highest BCUT2D eigenvalue weighted by molar-refractivity contribution is 7.89. The van der Waals surface area contributed by atoms with Gasteiger partial charge in [-0.1, -0.05) is 44.7 Å². The fourth-order valence-corrected chi connectivity index (χ4v) is 7.22. The monoisotopic (exact) mass is 548 g/mol. The van der Waals surface area contributed by atoms with Crippen molar-refractivity contribution in [3.05, 3.63) is 58.0 Å². The van der Waals surface area contributed by atoms with E-state index in [1.54, 1.807) is 33.3 Å². The Morgan fingerprint density at radius 1 is 1.08 bits per heavy atom.